The molecule has 1 atom stereocenters. The number of carbonyl (C=O) groups is 2. The Morgan fingerprint density at radius 2 is 1.93 bits per heavy atom. The summed E-state index contributed by atoms with van der Waals surface area (Å²) < 4.78 is 0. The standard InChI is InChI=1S/C24H28N2O2/c27-22(21-10-4-9-20-11-12-23(28)25-24(20)21)13-15-26-14-5-8-19(17-26)16-18-6-2-1-3-7-18/h1-4,6-7,9-10,19H,5,8,11-17H2,(H,25,28)/t19-/m0/s1. The first-order valence-electron chi connectivity index (χ1n) is 10.4. The molecular weight excluding hydrogens is 348 g/mol. The highest BCUT2D eigenvalue weighted by Crippen LogP contribution is 2.28. The minimum absolute atomic E-state index is 0.00698. The molecule has 0 spiro atoms. The molecule has 2 heterocycles. The van der Waals surface area contributed by atoms with Crippen molar-refractivity contribution in [3.8, 4) is 0 Å². The maximum absolute atomic E-state index is 12.9. The number of nitrogens with one attached hydrogen (secondary N) is 1. The van der Waals surface area contributed by atoms with Gasteiger partial charge < -0.3 is 10.2 Å². The van der Waals surface area contributed by atoms with Crippen LogP contribution in [0.4, 0.5) is 5.69 Å². The van der Waals surface area contributed by atoms with Crippen LogP contribution in [0.2, 0.25) is 0 Å². The first-order chi connectivity index (χ1) is 13.7. The SMILES string of the molecule is O=C1CCc2cccc(C(=O)CCN3CCC[C@@H](Cc4ccccc4)C3)c2N1. The summed E-state index contributed by atoms with van der Waals surface area (Å²) in [5.74, 6) is 0.798. The second-order valence-corrected chi connectivity index (χ2v) is 8.06. The van der Waals surface area contributed by atoms with Crippen LogP contribution in [0.1, 0.15) is 47.2 Å². The third-order valence-corrected chi connectivity index (χ3v) is 5.96. The molecule has 28 heavy (non-hydrogen) atoms. The van der Waals surface area contributed by atoms with Gasteiger partial charge in [-0.3, -0.25) is 9.59 Å². The molecule has 4 nitrogen and oxygen atoms in total. The van der Waals surface area contributed by atoms with Crippen LogP contribution in [-0.4, -0.2) is 36.2 Å². The molecule has 0 aliphatic carbocycles. The van der Waals surface area contributed by atoms with Crippen molar-refractivity contribution >= 4 is 17.4 Å². The fraction of sp³-hybridized carbons (Fsp3) is 0.417. The Labute approximate surface area is 166 Å². The first-order valence-corrected chi connectivity index (χ1v) is 10.4. The number of amides is 1. The molecule has 1 saturated heterocycles. The smallest absolute Gasteiger partial charge is 0.224 e. The average Bonchev–Trinajstić information content (AvgIpc) is 2.72. The van der Waals surface area contributed by atoms with Gasteiger partial charge in [-0.05, 0) is 55.3 Å². The van der Waals surface area contributed by atoms with Gasteiger partial charge in [-0.15, -0.1) is 0 Å². The Morgan fingerprint density at radius 1 is 1.07 bits per heavy atom. The summed E-state index contributed by atoms with van der Waals surface area (Å²) in [7, 11) is 0. The van der Waals surface area contributed by atoms with Crippen molar-refractivity contribution in [2.45, 2.75) is 38.5 Å². The van der Waals surface area contributed by atoms with Crippen LogP contribution >= 0.6 is 0 Å². The first kappa shape index (κ1) is 18.9. The zero-order valence-corrected chi connectivity index (χ0v) is 16.3. The van der Waals surface area contributed by atoms with Gasteiger partial charge in [0.2, 0.25) is 5.91 Å². The van der Waals surface area contributed by atoms with E-state index in [0.717, 1.165) is 43.7 Å². The van der Waals surface area contributed by atoms with E-state index in [4.69, 9.17) is 0 Å². The number of aryl methyl sites for hydroxylation is 1. The lowest BCUT2D eigenvalue weighted by Gasteiger charge is -2.32. The molecule has 1 N–H and O–H groups in total. The number of rotatable bonds is 6. The molecule has 146 valence electrons. The quantitative estimate of drug-likeness (QED) is 0.772. The van der Waals surface area contributed by atoms with Crippen LogP contribution in [0.15, 0.2) is 48.5 Å². The fourth-order valence-electron chi connectivity index (χ4n) is 4.50. The van der Waals surface area contributed by atoms with E-state index in [2.05, 4.69) is 40.5 Å². The van der Waals surface area contributed by atoms with E-state index >= 15 is 0 Å². The lowest BCUT2D eigenvalue weighted by atomic mass is 9.91. The van der Waals surface area contributed by atoms with E-state index in [1.807, 2.05) is 18.2 Å². The van der Waals surface area contributed by atoms with Gasteiger partial charge >= 0.3 is 0 Å². The molecular formula is C24H28N2O2. The van der Waals surface area contributed by atoms with E-state index in [1.54, 1.807) is 0 Å². The zero-order valence-electron chi connectivity index (χ0n) is 16.3. The van der Waals surface area contributed by atoms with Gasteiger partial charge in [0.15, 0.2) is 5.78 Å². The summed E-state index contributed by atoms with van der Waals surface area (Å²) in [5, 5.41) is 2.91. The number of Topliss-reactive ketones (excluding diaryl/α,β-unsaturated/α-hetero) is 1. The van der Waals surface area contributed by atoms with Gasteiger partial charge in [-0.2, -0.15) is 0 Å². The van der Waals surface area contributed by atoms with Crippen LogP contribution in [0.3, 0.4) is 0 Å². The van der Waals surface area contributed by atoms with Crippen LogP contribution in [0, 0.1) is 5.92 Å². The number of piperidine rings is 1. The van der Waals surface area contributed by atoms with Crippen molar-refractivity contribution in [2.75, 3.05) is 25.0 Å². The molecule has 2 aliphatic heterocycles. The highest BCUT2D eigenvalue weighted by atomic mass is 16.1. The molecule has 2 aromatic rings. The predicted octanol–water partition coefficient (Wildman–Crippen LogP) is 4.10. The van der Waals surface area contributed by atoms with Crippen molar-refractivity contribution in [3.05, 3.63) is 65.2 Å². The Morgan fingerprint density at radius 3 is 2.79 bits per heavy atom. The summed E-state index contributed by atoms with van der Waals surface area (Å²) in [6.07, 6.45) is 5.30. The monoisotopic (exact) mass is 376 g/mol. The number of ketones is 1. The maximum atomic E-state index is 12.9. The van der Waals surface area contributed by atoms with Gasteiger partial charge in [0, 0.05) is 31.5 Å². The van der Waals surface area contributed by atoms with Gasteiger partial charge in [0.1, 0.15) is 0 Å². The molecule has 0 unspecified atom stereocenters. The minimum atomic E-state index is 0.00698. The number of likely N-dealkylation sites (tertiary alicyclic amines) is 1. The van der Waals surface area contributed by atoms with E-state index in [1.165, 1.54) is 18.4 Å². The highest BCUT2D eigenvalue weighted by Gasteiger charge is 2.23. The number of carbonyl (C=O) groups excluding carboxylic acids is 2. The Hall–Kier alpha value is -2.46. The molecule has 4 rings (SSSR count). The lowest BCUT2D eigenvalue weighted by molar-refractivity contribution is -0.116. The molecule has 1 fully saturated rings. The van der Waals surface area contributed by atoms with Crippen molar-refractivity contribution in [3.63, 3.8) is 0 Å². The molecule has 2 aromatic carbocycles. The Bertz CT molecular complexity index is 847. The second kappa shape index (κ2) is 8.70. The normalized spacial score (nSPS) is 19.7. The van der Waals surface area contributed by atoms with Gasteiger partial charge in [0.25, 0.3) is 0 Å². The van der Waals surface area contributed by atoms with Crippen molar-refractivity contribution in [1.29, 1.82) is 0 Å². The van der Waals surface area contributed by atoms with Gasteiger partial charge in [-0.25, -0.2) is 0 Å². The number of benzene rings is 2. The van der Waals surface area contributed by atoms with Crippen molar-refractivity contribution in [2.24, 2.45) is 5.92 Å². The molecule has 0 radical (unpaired) electrons. The molecule has 0 aromatic heterocycles. The number of nitrogens with zero attached hydrogens (tertiary/aromatic N) is 1. The summed E-state index contributed by atoms with van der Waals surface area (Å²) in [6.45, 7) is 2.93. The Balaban J connectivity index is 1.34. The highest BCUT2D eigenvalue weighted by molar-refractivity contribution is 6.06. The van der Waals surface area contributed by atoms with Crippen molar-refractivity contribution < 1.29 is 9.59 Å². The zero-order chi connectivity index (χ0) is 19.3. The van der Waals surface area contributed by atoms with Crippen LogP contribution in [0.25, 0.3) is 0 Å². The number of hydrogen-bond acceptors (Lipinski definition) is 3. The summed E-state index contributed by atoms with van der Waals surface area (Å²) >= 11 is 0. The number of anilines is 1. The third kappa shape index (κ3) is 4.50. The van der Waals surface area contributed by atoms with Crippen LogP contribution in [-0.2, 0) is 17.6 Å². The minimum Gasteiger partial charge on any atom is -0.325 e. The van der Waals surface area contributed by atoms with E-state index in [0.29, 0.717) is 24.3 Å². The largest absolute Gasteiger partial charge is 0.325 e. The van der Waals surface area contributed by atoms with Crippen molar-refractivity contribution in [1.82, 2.24) is 4.90 Å². The maximum Gasteiger partial charge on any atom is 0.224 e. The third-order valence-electron chi connectivity index (χ3n) is 5.96. The predicted molar refractivity (Wildman–Crippen MR) is 112 cm³/mol. The molecule has 4 heteroatoms. The molecule has 0 bridgehead atoms. The summed E-state index contributed by atoms with van der Waals surface area (Å²) in [4.78, 5) is 27.1. The van der Waals surface area contributed by atoms with Crippen LogP contribution < -0.4 is 5.32 Å². The number of hydrogen-bond donors (Lipinski definition) is 1. The average molecular weight is 377 g/mol. The summed E-state index contributed by atoms with van der Waals surface area (Å²) in [6, 6.07) is 16.5. The second-order valence-electron chi connectivity index (χ2n) is 8.06. The van der Waals surface area contributed by atoms with E-state index < -0.39 is 0 Å². The Kier molecular flexibility index (Phi) is 5.87. The van der Waals surface area contributed by atoms with E-state index in [9.17, 15) is 9.59 Å². The topological polar surface area (TPSA) is 49.4 Å². The van der Waals surface area contributed by atoms with Crippen LogP contribution in [0.5, 0.6) is 0 Å². The van der Waals surface area contributed by atoms with Gasteiger partial charge in [-0.1, -0.05) is 42.5 Å². The number of para-hydroxylation sites is 1. The van der Waals surface area contributed by atoms with Gasteiger partial charge in [0.05, 0.1) is 5.69 Å². The molecule has 0 saturated carbocycles. The number of fused-ring (bicyclic) bond motifs is 1. The molecule has 1 amide bonds. The lowest BCUT2D eigenvalue weighted by Crippen LogP contribution is -2.37. The van der Waals surface area contributed by atoms with E-state index in [-0.39, 0.29) is 11.7 Å². The summed E-state index contributed by atoms with van der Waals surface area (Å²) in [5.41, 5.74) is 3.89. The fourth-order valence-corrected chi connectivity index (χ4v) is 4.50. The molecule has 2 aliphatic rings.